The van der Waals surface area contributed by atoms with Crippen molar-refractivity contribution >= 4 is 11.6 Å². The van der Waals surface area contributed by atoms with Gasteiger partial charge in [0.15, 0.2) is 0 Å². The molecule has 4 rings (SSSR count). The summed E-state index contributed by atoms with van der Waals surface area (Å²) in [6.07, 6.45) is 3.28. The lowest BCUT2D eigenvalue weighted by atomic mass is 9.95. The average Bonchev–Trinajstić information content (AvgIpc) is 2.81. The highest BCUT2D eigenvalue weighted by Gasteiger charge is 2.26. The zero-order valence-electron chi connectivity index (χ0n) is 17.8. The fraction of sp³-hybridized carbons (Fsp3) is 0.320. The minimum absolute atomic E-state index is 0.00572. The molecule has 1 fully saturated rings. The predicted molar refractivity (Wildman–Crippen MR) is 122 cm³/mol. The summed E-state index contributed by atoms with van der Waals surface area (Å²) in [6, 6.07) is 21.5. The van der Waals surface area contributed by atoms with Crippen LogP contribution >= 0.6 is 0 Å². The zero-order valence-corrected chi connectivity index (χ0v) is 17.8. The van der Waals surface area contributed by atoms with E-state index in [9.17, 15) is 9.59 Å². The molecule has 1 atom stereocenters. The maximum atomic E-state index is 12.7. The molecule has 1 unspecified atom stereocenters. The molecule has 0 spiro atoms. The molecule has 160 valence electrons. The van der Waals surface area contributed by atoms with E-state index < -0.39 is 0 Å². The van der Waals surface area contributed by atoms with Crippen molar-refractivity contribution in [2.75, 3.05) is 18.0 Å². The maximum absolute atomic E-state index is 12.7. The highest BCUT2D eigenvalue weighted by atomic mass is 16.2. The lowest BCUT2D eigenvalue weighted by Gasteiger charge is -2.33. The number of nitrogens with one attached hydrogen (secondary N) is 1. The van der Waals surface area contributed by atoms with Gasteiger partial charge in [-0.05, 0) is 30.9 Å². The van der Waals surface area contributed by atoms with E-state index in [4.69, 9.17) is 0 Å². The minimum Gasteiger partial charge on any atom is -0.370 e. The number of nitrogens with zero attached hydrogens (tertiary/aromatic N) is 3. The third kappa shape index (κ3) is 5.20. The average molecular weight is 417 g/mol. The second-order valence-corrected chi connectivity index (χ2v) is 8.10. The summed E-state index contributed by atoms with van der Waals surface area (Å²) in [7, 11) is 0. The quantitative estimate of drug-likeness (QED) is 0.669. The van der Waals surface area contributed by atoms with Gasteiger partial charge in [-0.2, -0.15) is 5.10 Å². The number of piperidine rings is 1. The molecule has 0 saturated carbocycles. The first-order valence-corrected chi connectivity index (χ1v) is 10.8. The van der Waals surface area contributed by atoms with Gasteiger partial charge in [-0.1, -0.05) is 60.7 Å². The van der Waals surface area contributed by atoms with E-state index in [1.165, 1.54) is 4.68 Å². The minimum atomic E-state index is -0.113. The van der Waals surface area contributed by atoms with Crippen molar-refractivity contribution < 1.29 is 4.79 Å². The highest BCUT2D eigenvalue weighted by Crippen LogP contribution is 2.23. The molecule has 1 N–H and O–H groups in total. The van der Waals surface area contributed by atoms with E-state index in [-0.39, 0.29) is 23.4 Å². The fourth-order valence-corrected chi connectivity index (χ4v) is 4.03. The SMILES string of the molecule is CC(NC(=O)C1CCN(c2cnn(Cc3ccccc3)c(=O)c2)CC1)c1ccccc1. The molecule has 0 aliphatic carbocycles. The summed E-state index contributed by atoms with van der Waals surface area (Å²) >= 11 is 0. The molecule has 2 aromatic carbocycles. The van der Waals surface area contributed by atoms with Crippen LogP contribution in [0.1, 0.15) is 36.9 Å². The molecular weight excluding hydrogens is 388 g/mol. The van der Waals surface area contributed by atoms with Gasteiger partial charge < -0.3 is 10.2 Å². The lowest BCUT2D eigenvalue weighted by Crippen LogP contribution is -2.41. The van der Waals surface area contributed by atoms with Gasteiger partial charge in [-0.3, -0.25) is 9.59 Å². The molecule has 1 saturated heterocycles. The van der Waals surface area contributed by atoms with Gasteiger partial charge in [0.25, 0.3) is 5.56 Å². The van der Waals surface area contributed by atoms with E-state index >= 15 is 0 Å². The number of amides is 1. The second kappa shape index (κ2) is 9.60. The smallest absolute Gasteiger partial charge is 0.269 e. The Kier molecular flexibility index (Phi) is 6.46. The molecular formula is C25H28N4O2. The van der Waals surface area contributed by atoms with Crippen LogP contribution in [0.4, 0.5) is 5.69 Å². The molecule has 1 aliphatic heterocycles. The topological polar surface area (TPSA) is 67.2 Å². The summed E-state index contributed by atoms with van der Waals surface area (Å²) in [5.74, 6) is 0.0984. The van der Waals surface area contributed by atoms with Crippen molar-refractivity contribution in [3.63, 3.8) is 0 Å². The lowest BCUT2D eigenvalue weighted by molar-refractivity contribution is -0.126. The summed E-state index contributed by atoms with van der Waals surface area (Å²) in [5, 5.41) is 7.50. The van der Waals surface area contributed by atoms with Crippen LogP contribution in [0.2, 0.25) is 0 Å². The maximum Gasteiger partial charge on any atom is 0.269 e. The monoisotopic (exact) mass is 416 g/mol. The van der Waals surface area contributed by atoms with E-state index in [0.717, 1.165) is 42.7 Å². The Bertz CT molecular complexity index is 1060. The number of hydrogen-bond donors (Lipinski definition) is 1. The zero-order chi connectivity index (χ0) is 21.6. The molecule has 1 amide bonds. The molecule has 1 aliphatic rings. The van der Waals surface area contributed by atoms with E-state index in [0.29, 0.717) is 6.54 Å². The van der Waals surface area contributed by atoms with Crippen molar-refractivity contribution in [3.05, 3.63) is 94.4 Å². The fourth-order valence-electron chi connectivity index (χ4n) is 4.03. The van der Waals surface area contributed by atoms with Gasteiger partial charge in [0.05, 0.1) is 24.5 Å². The van der Waals surface area contributed by atoms with E-state index in [1.807, 2.05) is 67.6 Å². The number of carbonyl (C=O) groups is 1. The van der Waals surface area contributed by atoms with Gasteiger partial charge in [-0.15, -0.1) is 0 Å². The highest BCUT2D eigenvalue weighted by molar-refractivity contribution is 5.79. The number of benzene rings is 2. The van der Waals surface area contributed by atoms with Crippen molar-refractivity contribution in [3.8, 4) is 0 Å². The molecule has 6 heteroatoms. The molecule has 1 aromatic heterocycles. The van der Waals surface area contributed by atoms with Crippen molar-refractivity contribution in [2.45, 2.75) is 32.4 Å². The van der Waals surface area contributed by atoms with Gasteiger partial charge in [0.1, 0.15) is 0 Å². The summed E-state index contributed by atoms with van der Waals surface area (Å²) in [6.45, 7) is 3.95. The van der Waals surface area contributed by atoms with Gasteiger partial charge in [0.2, 0.25) is 5.91 Å². The van der Waals surface area contributed by atoms with Crippen molar-refractivity contribution in [1.82, 2.24) is 15.1 Å². The summed E-state index contributed by atoms with van der Waals surface area (Å²) < 4.78 is 1.48. The number of rotatable bonds is 6. The number of hydrogen-bond acceptors (Lipinski definition) is 4. The Labute approximate surface area is 182 Å². The Morgan fingerprint density at radius 1 is 1.06 bits per heavy atom. The Morgan fingerprint density at radius 3 is 2.35 bits per heavy atom. The number of aromatic nitrogens is 2. The van der Waals surface area contributed by atoms with E-state index in [1.54, 1.807) is 12.3 Å². The van der Waals surface area contributed by atoms with Crippen LogP contribution in [0.25, 0.3) is 0 Å². The van der Waals surface area contributed by atoms with Gasteiger partial charge in [-0.25, -0.2) is 4.68 Å². The number of anilines is 1. The molecule has 0 radical (unpaired) electrons. The van der Waals surface area contributed by atoms with Crippen LogP contribution in [0, 0.1) is 5.92 Å². The van der Waals surface area contributed by atoms with Crippen LogP contribution in [-0.4, -0.2) is 28.8 Å². The van der Waals surface area contributed by atoms with Crippen LogP contribution in [0.5, 0.6) is 0 Å². The standard InChI is InChI=1S/C25H28N4O2/c1-19(21-10-6-3-7-11-21)27-25(31)22-12-14-28(15-13-22)23-16-24(30)29(26-17-23)18-20-8-4-2-5-9-20/h2-11,16-17,19,22H,12-15,18H2,1H3,(H,27,31). The number of carbonyl (C=O) groups excluding carboxylic acids is 1. The Balaban J connectivity index is 1.32. The largest absolute Gasteiger partial charge is 0.370 e. The molecule has 0 bridgehead atoms. The molecule has 31 heavy (non-hydrogen) atoms. The first kappa shape index (κ1) is 20.8. The molecule has 3 aromatic rings. The van der Waals surface area contributed by atoms with Crippen molar-refractivity contribution in [2.24, 2.45) is 5.92 Å². The van der Waals surface area contributed by atoms with Crippen molar-refractivity contribution in [1.29, 1.82) is 0 Å². The summed E-state index contributed by atoms with van der Waals surface area (Å²) in [4.78, 5) is 27.4. The van der Waals surface area contributed by atoms with Gasteiger partial charge in [0, 0.05) is 25.1 Å². The van der Waals surface area contributed by atoms with Crippen LogP contribution in [-0.2, 0) is 11.3 Å². The van der Waals surface area contributed by atoms with Crippen LogP contribution < -0.4 is 15.8 Å². The third-order valence-electron chi connectivity index (χ3n) is 5.92. The molecule has 2 heterocycles. The van der Waals surface area contributed by atoms with Crippen LogP contribution in [0.3, 0.4) is 0 Å². The van der Waals surface area contributed by atoms with Crippen LogP contribution in [0.15, 0.2) is 77.7 Å². The van der Waals surface area contributed by atoms with E-state index in [2.05, 4.69) is 15.3 Å². The first-order valence-electron chi connectivity index (χ1n) is 10.8. The Morgan fingerprint density at radius 2 is 1.71 bits per heavy atom. The molecule has 6 nitrogen and oxygen atoms in total. The normalized spacial score (nSPS) is 15.5. The Hall–Kier alpha value is -3.41. The first-order chi connectivity index (χ1) is 15.1. The second-order valence-electron chi connectivity index (χ2n) is 8.10. The summed E-state index contributed by atoms with van der Waals surface area (Å²) in [5.41, 5.74) is 2.86. The third-order valence-corrected chi connectivity index (χ3v) is 5.92. The van der Waals surface area contributed by atoms with Gasteiger partial charge >= 0.3 is 0 Å². The predicted octanol–water partition coefficient (Wildman–Crippen LogP) is 3.39.